The summed E-state index contributed by atoms with van der Waals surface area (Å²) in [6.07, 6.45) is 3.76. The Balaban J connectivity index is 1.80. The van der Waals surface area contributed by atoms with Gasteiger partial charge in [-0.15, -0.1) is 0 Å². The Labute approximate surface area is 135 Å². The summed E-state index contributed by atoms with van der Waals surface area (Å²) in [5.41, 5.74) is 2.70. The third-order valence-corrected chi connectivity index (χ3v) is 3.48. The highest BCUT2D eigenvalue weighted by atomic mass is 16.5. The van der Waals surface area contributed by atoms with E-state index in [0.717, 1.165) is 5.56 Å². The molecule has 3 nitrogen and oxygen atoms in total. The van der Waals surface area contributed by atoms with Gasteiger partial charge in [0.1, 0.15) is 18.1 Å². The van der Waals surface area contributed by atoms with E-state index in [0.29, 0.717) is 29.4 Å². The normalized spacial score (nSPS) is 14.3. The first-order chi connectivity index (χ1) is 11.1. The van der Waals surface area contributed by atoms with Crippen molar-refractivity contribution in [3.05, 3.63) is 77.1 Å². The highest BCUT2D eigenvalue weighted by Gasteiger charge is 2.27. The van der Waals surface area contributed by atoms with Gasteiger partial charge in [0.2, 0.25) is 5.78 Å². The molecule has 0 radical (unpaired) electrons. The molecule has 0 aromatic heterocycles. The molecule has 116 valence electrons. The third-order valence-electron chi connectivity index (χ3n) is 3.48. The van der Waals surface area contributed by atoms with Crippen molar-refractivity contribution < 1.29 is 14.3 Å². The Morgan fingerprint density at radius 1 is 1.13 bits per heavy atom. The van der Waals surface area contributed by atoms with Crippen molar-refractivity contribution in [2.24, 2.45) is 0 Å². The van der Waals surface area contributed by atoms with E-state index in [1.165, 1.54) is 5.57 Å². The van der Waals surface area contributed by atoms with Gasteiger partial charge in [0.25, 0.3) is 0 Å². The lowest BCUT2D eigenvalue weighted by atomic mass is 10.1. The lowest BCUT2D eigenvalue weighted by Crippen LogP contribution is -1.97. The smallest absolute Gasteiger partial charge is 0.231 e. The summed E-state index contributed by atoms with van der Waals surface area (Å²) < 4.78 is 11.4. The highest BCUT2D eigenvalue weighted by molar-refractivity contribution is 6.14. The zero-order valence-electron chi connectivity index (χ0n) is 13.2. The third kappa shape index (κ3) is 3.51. The number of rotatable bonds is 4. The van der Waals surface area contributed by atoms with E-state index < -0.39 is 0 Å². The number of allylic oxidation sites excluding steroid dienone is 2. The molecule has 2 aromatic rings. The van der Waals surface area contributed by atoms with Crippen LogP contribution in [0, 0.1) is 0 Å². The predicted octanol–water partition coefficient (Wildman–Crippen LogP) is 4.65. The second-order valence-electron chi connectivity index (χ2n) is 5.60. The monoisotopic (exact) mass is 306 g/mol. The number of carbonyl (C=O) groups is 1. The summed E-state index contributed by atoms with van der Waals surface area (Å²) in [5, 5.41) is 0. The number of Topliss-reactive ketones (excluding diaryl/α,β-unsaturated/α-hetero) is 1. The fourth-order valence-electron chi connectivity index (χ4n) is 2.26. The summed E-state index contributed by atoms with van der Waals surface area (Å²) >= 11 is 0. The largest absolute Gasteiger partial charge is 0.489 e. The molecule has 1 heterocycles. The van der Waals surface area contributed by atoms with E-state index in [9.17, 15) is 4.79 Å². The zero-order valence-corrected chi connectivity index (χ0v) is 13.2. The Hall–Kier alpha value is -2.81. The summed E-state index contributed by atoms with van der Waals surface area (Å²) in [6, 6.07) is 15.0. The van der Waals surface area contributed by atoms with Crippen LogP contribution in [0.25, 0.3) is 6.08 Å². The summed E-state index contributed by atoms with van der Waals surface area (Å²) in [7, 11) is 0. The van der Waals surface area contributed by atoms with Crippen LogP contribution in [-0.4, -0.2) is 12.4 Å². The molecule has 0 bridgehead atoms. The molecule has 0 aliphatic carbocycles. The second kappa shape index (κ2) is 6.53. The molecule has 0 saturated carbocycles. The van der Waals surface area contributed by atoms with Gasteiger partial charge in [-0.25, -0.2) is 0 Å². The van der Waals surface area contributed by atoms with Crippen molar-refractivity contribution in [3.63, 3.8) is 0 Å². The molecule has 23 heavy (non-hydrogen) atoms. The number of hydrogen-bond acceptors (Lipinski definition) is 3. The number of ketones is 1. The van der Waals surface area contributed by atoms with Crippen LogP contribution in [0.1, 0.15) is 29.8 Å². The molecule has 0 N–H and O–H groups in total. The topological polar surface area (TPSA) is 35.5 Å². The van der Waals surface area contributed by atoms with Crippen LogP contribution in [0.5, 0.6) is 11.5 Å². The molecule has 1 aliphatic heterocycles. The number of ether oxygens (including phenoxy) is 2. The van der Waals surface area contributed by atoms with Gasteiger partial charge in [0, 0.05) is 6.07 Å². The first-order valence-corrected chi connectivity index (χ1v) is 7.53. The minimum absolute atomic E-state index is 0.0975. The lowest BCUT2D eigenvalue weighted by molar-refractivity contribution is 0.101. The zero-order chi connectivity index (χ0) is 16.2. The maximum absolute atomic E-state index is 12.4. The van der Waals surface area contributed by atoms with Crippen LogP contribution in [0.3, 0.4) is 0 Å². The molecule has 0 spiro atoms. The van der Waals surface area contributed by atoms with E-state index in [1.54, 1.807) is 24.3 Å². The van der Waals surface area contributed by atoms with Gasteiger partial charge in [0.05, 0.1) is 5.56 Å². The number of fused-ring (bicyclic) bond motifs is 1. The van der Waals surface area contributed by atoms with Crippen molar-refractivity contribution in [2.45, 2.75) is 13.8 Å². The molecule has 0 fully saturated rings. The molecule has 0 atom stereocenters. The van der Waals surface area contributed by atoms with E-state index in [-0.39, 0.29) is 5.78 Å². The number of carbonyl (C=O) groups excluding carboxylic acids is 1. The second-order valence-corrected chi connectivity index (χ2v) is 5.60. The van der Waals surface area contributed by atoms with Crippen LogP contribution in [0.15, 0.2) is 65.9 Å². The van der Waals surface area contributed by atoms with Gasteiger partial charge in [-0.05, 0) is 43.7 Å². The van der Waals surface area contributed by atoms with Crippen molar-refractivity contribution >= 4 is 11.9 Å². The summed E-state index contributed by atoms with van der Waals surface area (Å²) in [5.74, 6) is 1.48. The molecule has 0 saturated heterocycles. The van der Waals surface area contributed by atoms with E-state index in [4.69, 9.17) is 9.47 Å². The lowest BCUT2D eigenvalue weighted by Gasteiger charge is -2.05. The minimum Gasteiger partial charge on any atom is -0.489 e. The Bertz CT molecular complexity index is 782. The quantitative estimate of drug-likeness (QED) is 0.609. The predicted molar refractivity (Wildman–Crippen MR) is 90.7 cm³/mol. The summed E-state index contributed by atoms with van der Waals surface area (Å²) in [4.78, 5) is 12.4. The molecule has 0 amide bonds. The fraction of sp³-hybridized carbons (Fsp3) is 0.150. The van der Waals surface area contributed by atoms with Gasteiger partial charge in [-0.3, -0.25) is 4.79 Å². The maximum atomic E-state index is 12.4. The van der Waals surface area contributed by atoms with Crippen molar-refractivity contribution in [1.82, 2.24) is 0 Å². The van der Waals surface area contributed by atoms with Gasteiger partial charge < -0.3 is 9.47 Å². The first kappa shape index (κ1) is 15.1. The molecular weight excluding hydrogens is 288 g/mol. The van der Waals surface area contributed by atoms with Crippen LogP contribution in [-0.2, 0) is 0 Å². The van der Waals surface area contributed by atoms with E-state index in [1.807, 2.05) is 50.3 Å². The fourth-order valence-corrected chi connectivity index (χ4v) is 2.26. The Kier molecular flexibility index (Phi) is 4.29. The van der Waals surface area contributed by atoms with E-state index >= 15 is 0 Å². The SMILES string of the molecule is CC(C)=CCOc1ccc2c(c1)O/C(=C/c1ccccc1)C2=O. The average Bonchev–Trinajstić information content (AvgIpc) is 2.84. The van der Waals surface area contributed by atoms with Gasteiger partial charge in [-0.2, -0.15) is 0 Å². The van der Waals surface area contributed by atoms with Crippen LogP contribution in [0.2, 0.25) is 0 Å². The van der Waals surface area contributed by atoms with Crippen molar-refractivity contribution in [2.75, 3.05) is 6.61 Å². The van der Waals surface area contributed by atoms with E-state index in [2.05, 4.69) is 0 Å². The van der Waals surface area contributed by atoms with Crippen molar-refractivity contribution in [1.29, 1.82) is 0 Å². The maximum Gasteiger partial charge on any atom is 0.231 e. The summed E-state index contributed by atoms with van der Waals surface area (Å²) in [6.45, 7) is 4.55. The highest BCUT2D eigenvalue weighted by Crippen LogP contribution is 2.34. The molecule has 3 rings (SSSR count). The number of hydrogen-bond donors (Lipinski definition) is 0. The first-order valence-electron chi connectivity index (χ1n) is 7.53. The molecule has 2 aromatic carbocycles. The average molecular weight is 306 g/mol. The number of benzene rings is 2. The van der Waals surface area contributed by atoms with Crippen LogP contribution >= 0.6 is 0 Å². The Morgan fingerprint density at radius 2 is 1.91 bits per heavy atom. The van der Waals surface area contributed by atoms with Crippen LogP contribution in [0.4, 0.5) is 0 Å². The Morgan fingerprint density at radius 3 is 2.65 bits per heavy atom. The van der Waals surface area contributed by atoms with Crippen LogP contribution < -0.4 is 9.47 Å². The molecular formula is C20H18O3. The molecule has 3 heteroatoms. The molecule has 1 aliphatic rings. The minimum atomic E-state index is -0.0975. The standard InChI is InChI=1S/C20H18O3/c1-14(2)10-11-22-16-8-9-17-18(13-16)23-19(20(17)21)12-15-6-4-3-5-7-15/h3-10,12-13H,11H2,1-2H3/b19-12+. The van der Waals surface area contributed by atoms with Gasteiger partial charge in [-0.1, -0.05) is 35.9 Å². The molecule has 0 unspecified atom stereocenters. The van der Waals surface area contributed by atoms with Gasteiger partial charge >= 0.3 is 0 Å². The van der Waals surface area contributed by atoms with Crippen molar-refractivity contribution in [3.8, 4) is 11.5 Å². The van der Waals surface area contributed by atoms with Gasteiger partial charge in [0.15, 0.2) is 5.76 Å².